The molecule has 0 saturated carbocycles. The molecule has 0 bridgehead atoms. The Labute approximate surface area is 79.3 Å². The van der Waals surface area contributed by atoms with Gasteiger partial charge >= 0.3 is 5.97 Å². The molecule has 1 atom stereocenters. The second-order valence-electron chi connectivity index (χ2n) is 2.44. The van der Waals surface area contributed by atoms with Gasteiger partial charge in [0.25, 0.3) is 0 Å². The van der Waals surface area contributed by atoms with Gasteiger partial charge in [0.1, 0.15) is 5.25 Å². The van der Waals surface area contributed by atoms with Crippen molar-refractivity contribution < 1.29 is 9.90 Å². The molecular weight excluding hydrogens is 192 g/mol. The normalized spacial score (nSPS) is 12.8. The number of rotatable bonds is 4. The second kappa shape index (κ2) is 4.22. The van der Waals surface area contributed by atoms with E-state index in [2.05, 4.69) is 15.5 Å². The number of carboxylic acids is 1. The van der Waals surface area contributed by atoms with Crippen molar-refractivity contribution in [3.8, 4) is 0 Å². The number of tetrazole rings is 1. The largest absolute Gasteiger partial charge is 0.480 e. The fourth-order valence-corrected chi connectivity index (χ4v) is 1.55. The van der Waals surface area contributed by atoms with E-state index in [9.17, 15) is 4.79 Å². The highest BCUT2D eigenvalue weighted by molar-refractivity contribution is 8.00. The van der Waals surface area contributed by atoms with Crippen molar-refractivity contribution in [2.75, 3.05) is 0 Å². The fraction of sp³-hybridized carbons (Fsp3) is 0.667. The van der Waals surface area contributed by atoms with Gasteiger partial charge in [-0.1, -0.05) is 18.7 Å². The van der Waals surface area contributed by atoms with Gasteiger partial charge in [-0.05, 0) is 16.8 Å². The number of aromatic nitrogens is 4. The summed E-state index contributed by atoms with van der Waals surface area (Å²) >= 11 is 1.16. The van der Waals surface area contributed by atoms with Crippen LogP contribution in [0.2, 0.25) is 0 Å². The number of aryl methyl sites for hydroxylation is 1. The van der Waals surface area contributed by atoms with Gasteiger partial charge in [-0.25, -0.2) is 4.68 Å². The third-order valence-corrected chi connectivity index (χ3v) is 2.85. The van der Waals surface area contributed by atoms with Crippen LogP contribution in [-0.2, 0) is 11.8 Å². The Balaban J connectivity index is 2.67. The Morgan fingerprint density at radius 2 is 2.46 bits per heavy atom. The molecule has 0 fully saturated rings. The Morgan fingerprint density at radius 3 is 2.85 bits per heavy atom. The second-order valence-corrected chi connectivity index (χ2v) is 3.61. The van der Waals surface area contributed by atoms with Crippen molar-refractivity contribution in [3.05, 3.63) is 0 Å². The minimum atomic E-state index is -0.837. The zero-order chi connectivity index (χ0) is 9.84. The van der Waals surface area contributed by atoms with E-state index in [1.165, 1.54) is 4.68 Å². The molecule has 1 unspecified atom stereocenters. The summed E-state index contributed by atoms with van der Waals surface area (Å²) in [5.74, 6) is -0.837. The van der Waals surface area contributed by atoms with Crippen molar-refractivity contribution >= 4 is 17.7 Å². The lowest BCUT2D eigenvalue weighted by Gasteiger charge is -2.06. The lowest BCUT2D eigenvalue weighted by molar-refractivity contribution is -0.136. The quantitative estimate of drug-likeness (QED) is 0.701. The molecule has 1 rings (SSSR count). The van der Waals surface area contributed by atoms with Crippen molar-refractivity contribution in [1.29, 1.82) is 0 Å². The third kappa shape index (κ3) is 2.41. The van der Waals surface area contributed by atoms with Gasteiger partial charge in [0.2, 0.25) is 5.16 Å². The number of carbonyl (C=O) groups is 1. The summed E-state index contributed by atoms with van der Waals surface area (Å²) in [5, 5.41) is 19.5. The van der Waals surface area contributed by atoms with E-state index in [1.807, 2.05) is 6.92 Å². The summed E-state index contributed by atoms with van der Waals surface area (Å²) in [6, 6.07) is 0. The molecule has 0 aromatic carbocycles. The van der Waals surface area contributed by atoms with Gasteiger partial charge in [0.05, 0.1) is 0 Å². The summed E-state index contributed by atoms with van der Waals surface area (Å²) in [6.45, 7) is 1.82. The van der Waals surface area contributed by atoms with E-state index in [0.29, 0.717) is 11.6 Å². The fourth-order valence-electron chi connectivity index (χ4n) is 0.757. The molecule has 0 aliphatic carbocycles. The predicted molar refractivity (Wildman–Crippen MR) is 46.4 cm³/mol. The van der Waals surface area contributed by atoms with Crippen LogP contribution in [-0.4, -0.2) is 36.5 Å². The number of hydrogen-bond donors (Lipinski definition) is 1. The average Bonchev–Trinajstić information content (AvgIpc) is 2.46. The molecule has 1 aromatic rings. The van der Waals surface area contributed by atoms with Crippen molar-refractivity contribution in [3.63, 3.8) is 0 Å². The van der Waals surface area contributed by atoms with E-state index in [4.69, 9.17) is 5.11 Å². The zero-order valence-corrected chi connectivity index (χ0v) is 8.15. The van der Waals surface area contributed by atoms with Crippen LogP contribution >= 0.6 is 11.8 Å². The van der Waals surface area contributed by atoms with E-state index < -0.39 is 11.2 Å². The number of aliphatic carboxylic acids is 1. The van der Waals surface area contributed by atoms with E-state index >= 15 is 0 Å². The van der Waals surface area contributed by atoms with Gasteiger partial charge in [-0.15, -0.1) is 5.10 Å². The molecule has 1 N–H and O–H groups in total. The molecule has 0 amide bonds. The van der Waals surface area contributed by atoms with E-state index in [-0.39, 0.29) is 0 Å². The first-order valence-electron chi connectivity index (χ1n) is 3.77. The molecule has 0 aliphatic heterocycles. The molecule has 13 heavy (non-hydrogen) atoms. The predicted octanol–water partition coefficient (Wildman–Crippen LogP) is 0.165. The Bertz CT molecular complexity index is 301. The molecule has 1 aromatic heterocycles. The lowest BCUT2D eigenvalue weighted by atomic mass is 10.3. The van der Waals surface area contributed by atoms with Crippen LogP contribution in [0.3, 0.4) is 0 Å². The van der Waals surface area contributed by atoms with Gasteiger partial charge in [-0.3, -0.25) is 4.79 Å². The van der Waals surface area contributed by atoms with Gasteiger partial charge < -0.3 is 5.11 Å². The first-order chi connectivity index (χ1) is 6.15. The average molecular weight is 202 g/mol. The lowest BCUT2D eigenvalue weighted by Crippen LogP contribution is -2.15. The van der Waals surface area contributed by atoms with Gasteiger partial charge in [-0.2, -0.15) is 0 Å². The van der Waals surface area contributed by atoms with Crippen molar-refractivity contribution in [1.82, 2.24) is 20.2 Å². The maximum atomic E-state index is 10.7. The number of carboxylic acid groups (broad SMARTS) is 1. The zero-order valence-electron chi connectivity index (χ0n) is 7.34. The van der Waals surface area contributed by atoms with E-state index in [0.717, 1.165) is 11.8 Å². The highest BCUT2D eigenvalue weighted by Crippen LogP contribution is 2.21. The Hall–Kier alpha value is -1.11. The SMILES string of the molecule is CCC(Sc1nnnn1C)C(=O)O. The minimum Gasteiger partial charge on any atom is -0.480 e. The molecule has 7 heteroatoms. The highest BCUT2D eigenvalue weighted by Gasteiger charge is 2.19. The van der Waals surface area contributed by atoms with Crippen molar-refractivity contribution in [2.45, 2.75) is 23.8 Å². The molecule has 72 valence electrons. The molecule has 0 aliphatic rings. The molecule has 0 radical (unpaired) electrons. The minimum absolute atomic E-state index is 0.482. The van der Waals surface area contributed by atoms with Crippen LogP contribution in [0.15, 0.2) is 5.16 Å². The first kappa shape index (κ1) is 9.97. The summed E-state index contributed by atoms with van der Waals surface area (Å²) in [7, 11) is 1.68. The van der Waals surface area contributed by atoms with Gasteiger partial charge in [0.15, 0.2) is 0 Å². The summed E-state index contributed by atoms with van der Waals surface area (Å²) in [5.41, 5.74) is 0. The van der Waals surface area contributed by atoms with Gasteiger partial charge in [0, 0.05) is 7.05 Å². The maximum Gasteiger partial charge on any atom is 0.317 e. The topological polar surface area (TPSA) is 80.9 Å². The summed E-state index contributed by atoms with van der Waals surface area (Å²) in [6.07, 6.45) is 0.548. The number of hydrogen-bond acceptors (Lipinski definition) is 5. The number of thioether (sulfide) groups is 1. The summed E-state index contributed by atoms with van der Waals surface area (Å²) in [4.78, 5) is 10.7. The Kier molecular flexibility index (Phi) is 3.24. The smallest absolute Gasteiger partial charge is 0.317 e. The number of nitrogens with zero attached hydrogens (tertiary/aromatic N) is 4. The molecule has 1 heterocycles. The van der Waals surface area contributed by atoms with E-state index in [1.54, 1.807) is 7.05 Å². The van der Waals surface area contributed by atoms with Crippen molar-refractivity contribution in [2.24, 2.45) is 7.05 Å². The van der Waals surface area contributed by atoms with Crippen LogP contribution in [0.1, 0.15) is 13.3 Å². The molecule has 0 saturated heterocycles. The van der Waals surface area contributed by atoms with Crippen LogP contribution in [0.5, 0.6) is 0 Å². The van der Waals surface area contributed by atoms with Crippen LogP contribution < -0.4 is 0 Å². The monoisotopic (exact) mass is 202 g/mol. The first-order valence-corrected chi connectivity index (χ1v) is 4.65. The van der Waals surface area contributed by atoms with Crippen LogP contribution in [0, 0.1) is 0 Å². The Morgan fingerprint density at radius 1 is 1.77 bits per heavy atom. The van der Waals surface area contributed by atoms with Crippen LogP contribution in [0.25, 0.3) is 0 Å². The molecular formula is C6H10N4O2S. The molecule has 0 spiro atoms. The third-order valence-electron chi connectivity index (χ3n) is 1.48. The maximum absolute atomic E-state index is 10.7. The standard InChI is InChI=1S/C6H10N4O2S/c1-3-4(5(11)12)13-6-7-8-9-10(6)2/h4H,3H2,1-2H3,(H,11,12). The molecule has 6 nitrogen and oxygen atoms in total. The van der Waals surface area contributed by atoms with Crippen LogP contribution in [0.4, 0.5) is 0 Å². The summed E-state index contributed by atoms with van der Waals surface area (Å²) < 4.78 is 1.45. The highest BCUT2D eigenvalue weighted by atomic mass is 32.2.